The largest absolute Gasteiger partial charge is 0.392 e. The Kier molecular flexibility index (Phi) is 4.42. The summed E-state index contributed by atoms with van der Waals surface area (Å²) < 4.78 is 26.2. The van der Waals surface area contributed by atoms with Crippen molar-refractivity contribution in [2.24, 2.45) is 5.84 Å². The van der Waals surface area contributed by atoms with Gasteiger partial charge in [0.2, 0.25) is 10.0 Å². The molecule has 0 spiro atoms. The summed E-state index contributed by atoms with van der Waals surface area (Å²) >= 11 is 0. The third-order valence-electron chi connectivity index (χ3n) is 3.30. The van der Waals surface area contributed by atoms with E-state index in [1.54, 1.807) is 0 Å². The molecule has 1 aliphatic rings. The van der Waals surface area contributed by atoms with Gasteiger partial charge in [0, 0.05) is 19.2 Å². The molecule has 9 nitrogen and oxygen atoms in total. The summed E-state index contributed by atoms with van der Waals surface area (Å²) in [6.45, 7) is 0.149. The maximum Gasteiger partial charge on any atom is 0.289 e. The monoisotopic (exact) mass is 316 g/mol. The predicted molar refractivity (Wildman–Crippen MR) is 74.9 cm³/mol. The Morgan fingerprint density at radius 3 is 2.76 bits per heavy atom. The number of aliphatic hydroxyl groups excluding tert-OH is 1. The normalized spacial score (nSPS) is 20.2. The molecule has 1 saturated heterocycles. The van der Waals surface area contributed by atoms with E-state index in [9.17, 15) is 23.6 Å². The van der Waals surface area contributed by atoms with Crippen LogP contribution in [0.4, 0.5) is 11.4 Å². The summed E-state index contributed by atoms with van der Waals surface area (Å²) in [7, 11) is -4.07. The number of hydrazine groups is 1. The molecule has 21 heavy (non-hydrogen) atoms. The number of nitrogen functional groups attached to an aromatic ring is 1. The van der Waals surface area contributed by atoms with E-state index in [-0.39, 0.29) is 18.8 Å². The Morgan fingerprint density at radius 2 is 2.19 bits per heavy atom. The van der Waals surface area contributed by atoms with Crippen molar-refractivity contribution in [2.75, 3.05) is 18.5 Å². The summed E-state index contributed by atoms with van der Waals surface area (Å²) in [5, 5.41) is 20.6. The molecule has 1 atom stereocenters. The van der Waals surface area contributed by atoms with E-state index in [0.717, 1.165) is 16.4 Å². The average molecular weight is 316 g/mol. The fourth-order valence-electron chi connectivity index (χ4n) is 2.24. The van der Waals surface area contributed by atoms with Gasteiger partial charge in [0.25, 0.3) is 5.69 Å². The fourth-order valence-corrected chi connectivity index (χ4v) is 3.94. The average Bonchev–Trinajstić information content (AvgIpc) is 2.46. The lowest BCUT2D eigenvalue weighted by Gasteiger charge is -2.29. The van der Waals surface area contributed by atoms with Crippen LogP contribution in [0.1, 0.15) is 12.8 Å². The lowest BCUT2D eigenvalue weighted by Crippen LogP contribution is -2.42. The number of nitrogens with one attached hydrogen (secondary N) is 1. The second-order valence-corrected chi connectivity index (χ2v) is 6.65. The number of aliphatic hydroxyl groups is 1. The van der Waals surface area contributed by atoms with Gasteiger partial charge in [-0.3, -0.25) is 16.0 Å². The van der Waals surface area contributed by atoms with E-state index in [4.69, 9.17) is 5.84 Å². The van der Waals surface area contributed by atoms with Crippen LogP contribution in [0.5, 0.6) is 0 Å². The molecule has 0 aliphatic carbocycles. The number of nitro groups is 1. The van der Waals surface area contributed by atoms with Crippen molar-refractivity contribution in [3.8, 4) is 0 Å². The maximum atomic E-state index is 12.6. The van der Waals surface area contributed by atoms with E-state index >= 15 is 0 Å². The number of β-amino-alcohol motifs (C(OH)–C–C–N with tert-alkyl or cyclic N) is 1. The van der Waals surface area contributed by atoms with Crippen LogP contribution in [0, 0.1) is 10.1 Å². The van der Waals surface area contributed by atoms with Crippen LogP contribution in [0.25, 0.3) is 0 Å². The van der Waals surface area contributed by atoms with Gasteiger partial charge in [-0.2, -0.15) is 4.31 Å². The van der Waals surface area contributed by atoms with Crippen LogP contribution < -0.4 is 11.3 Å². The zero-order valence-electron chi connectivity index (χ0n) is 11.1. The number of anilines is 1. The minimum atomic E-state index is -4.07. The molecule has 2 rings (SSSR count). The van der Waals surface area contributed by atoms with E-state index in [2.05, 4.69) is 5.43 Å². The highest BCUT2D eigenvalue weighted by Crippen LogP contribution is 2.30. The first-order valence-electron chi connectivity index (χ1n) is 6.29. The molecule has 1 unspecified atom stereocenters. The predicted octanol–water partition coefficient (Wildman–Crippen LogP) is 0.0258. The molecule has 1 heterocycles. The minimum Gasteiger partial charge on any atom is -0.392 e. The third kappa shape index (κ3) is 3.13. The van der Waals surface area contributed by atoms with Crippen molar-refractivity contribution in [1.29, 1.82) is 0 Å². The second kappa shape index (κ2) is 5.93. The van der Waals surface area contributed by atoms with Gasteiger partial charge in [-0.05, 0) is 25.0 Å². The summed E-state index contributed by atoms with van der Waals surface area (Å²) in [5.41, 5.74) is 1.99. The highest BCUT2D eigenvalue weighted by molar-refractivity contribution is 7.89. The number of hydrogen-bond donors (Lipinski definition) is 3. The quantitative estimate of drug-likeness (QED) is 0.404. The van der Waals surface area contributed by atoms with Gasteiger partial charge in [0.05, 0.1) is 16.7 Å². The first-order chi connectivity index (χ1) is 9.86. The van der Waals surface area contributed by atoms with Crippen LogP contribution in [0.2, 0.25) is 0 Å². The van der Waals surface area contributed by atoms with Crippen molar-refractivity contribution in [3.63, 3.8) is 0 Å². The van der Waals surface area contributed by atoms with Gasteiger partial charge >= 0.3 is 0 Å². The number of benzene rings is 1. The van der Waals surface area contributed by atoms with Crippen molar-refractivity contribution >= 4 is 21.4 Å². The first-order valence-corrected chi connectivity index (χ1v) is 7.73. The van der Waals surface area contributed by atoms with Gasteiger partial charge < -0.3 is 10.5 Å². The molecular formula is C11H16N4O5S. The summed E-state index contributed by atoms with van der Waals surface area (Å²) in [4.78, 5) is 9.85. The van der Waals surface area contributed by atoms with E-state index in [1.165, 1.54) is 6.07 Å². The standard InChI is InChI=1S/C11H16N4O5S/c12-13-8-3-4-10(15(17)18)11(6-8)21(19,20)14-5-1-2-9(16)7-14/h3-4,6,9,13,16H,1-2,5,7,12H2. The van der Waals surface area contributed by atoms with E-state index in [1.807, 2.05) is 0 Å². The molecule has 1 aromatic rings. The van der Waals surface area contributed by atoms with Crippen LogP contribution in [0.15, 0.2) is 23.1 Å². The molecule has 116 valence electrons. The zero-order valence-corrected chi connectivity index (χ0v) is 11.9. The number of nitrogens with two attached hydrogens (primary N) is 1. The van der Waals surface area contributed by atoms with Crippen LogP contribution >= 0.6 is 0 Å². The van der Waals surface area contributed by atoms with Gasteiger partial charge in [-0.1, -0.05) is 0 Å². The van der Waals surface area contributed by atoms with Gasteiger partial charge in [0.1, 0.15) is 0 Å². The number of nitro benzene ring substituents is 1. The number of nitrogens with zero attached hydrogens (tertiary/aromatic N) is 2. The number of rotatable bonds is 4. The lowest BCUT2D eigenvalue weighted by atomic mass is 10.1. The second-order valence-electron chi connectivity index (χ2n) is 4.74. The lowest BCUT2D eigenvalue weighted by molar-refractivity contribution is -0.387. The number of sulfonamides is 1. The Balaban J connectivity index is 2.49. The van der Waals surface area contributed by atoms with Gasteiger partial charge in [-0.25, -0.2) is 8.42 Å². The highest BCUT2D eigenvalue weighted by Gasteiger charge is 2.34. The first kappa shape index (κ1) is 15.6. The highest BCUT2D eigenvalue weighted by atomic mass is 32.2. The van der Waals surface area contributed by atoms with Gasteiger partial charge in [0.15, 0.2) is 4.90 Å². The Morgan fingerprint density at radius 1 is 1.48 bits per heavy atom. The Bertz CT molecular complexity index is 648. The number of hydrogen-bond acceptors (Lipinski definition) is 7. The molecular weight excluding hydrogens is 300 g/mol. The molecule has 0 aromatic heterocycles. The fraction of sp³-hybridized carbons (Fsp3) is 0.455. The topological polar surface area (TPSA) is 139 Å². The third-order valence-corrected chi connectivity index (χ3v) is 5.19. The Hall–Kier alpha value is -1.75. The maximum absolute atomic E-state index is 12.6. The summed E-state index contributed by atoms with van der Waals surface area (Å²) in [5.74, 6) is 5.22. The molecule has 4 N–H and O–H groups in total. The molecule has 0 bridgehead atoms. The van der Waals surface area contributed by atoms with Crippen LogP contribution in [-0.4, -0.2) is 41.9 Å². The van der Waals surface area contributed by atoms with E-state index in [0.29, 0.717) is 12.8 Å². The molecule has 1 aromatic carbocycles. The van der Waals surface area contributed by atoms with Crippen molar-refractivity contribution in [2.45, 2.75) is 23.8 Å². The molecule has 1 aliphatic heterocycles. The van der Waals surface area contributed by atoms with Crippen molar-refractivity contribution in [1.82, 2.24) is 4.31 Å². The zero-order chi connectivity index (χ0) is 15.6. The van der Waals surface area contributed by atoms with E-state index < -0.39 is 31.6 Å². The smallest absolute Gasteiger partial charge is 0.289 e. The molecule has 0 amide bonds. The minimum absolute atomic E-state index is 0.0697. The SMILES string of the molecule is NNc1ccc([N+](=O)[O-])c(S(=O)(=O)N2CCCC(O)C2)c1. The van der Waals surface area contributed by atoms with Crippen molar-refractivity contribution < 1.29 is 18.4 Å². The molecule has 0 saturated carbocycles. The van der Waals surface area contributed by atoms with Crippen LogP contribution in [0.3, 0.4) is 0 Å². The summed E-state index contributed by atoms with van der Waals surface area (Å²) in [6, 6.07) is 3.53. The molecule has 10 heteroatoms. The Labute approximate surface area is 121 Å². The van der Waals surface area contributed by atoms with Crippen molar-refractivity contribution in [3.05, 3.63) is 28.3 Å². The van der Waals surface area contributed by atoms with Gasteiger partial charge in [-0.15, -0.1) is 0 Å². The van der Waals surface area contributed by atoms with Crippen LogP contribution in [-0.2, 0) is 10.0 Å². The summed E-state index contributed by atoms with van der Waals surface area (Å²) in [6.07, 6.45) is 0.255. The molecule has 1 fully saturated rings. The molecule has 0 radical (unpaired) electrons. The number of piperidine rings is 1.